The first-order valence-electron chi connectivity index (χ1n) is 7.07. The molecule has 5 nitrogen and oxygen atoms in total. The van der Waals surface area contributed by atoms with Crippen LogP contribution in [0.1, 0.15) is 26.3 Å². The number of hydrogen-bond acceptors (Lipinski definition) is 5. The topological polar surface area (TPSA) is 44.3 Å². The fourth-order valence-corrected chi connectivity index (χ4v) is 2.57. The van der Waals surface area contributed by atoms with Crippen LogP contribution in [-0.2, 0) is 0 Å². The molecule has 2 rings (SSSR count). The van der Waals surface area contributed by atoms with Crippen LogP contribution in [0.2, 0.25) is 0 Å². The van der Waals surface area contributed by atoms with Gasteiger partial charge in [-0.1, -0.05) is 0 Å². The molecular weight excluding hydrogens is 238 g/mol. The highest BCUT2D eigenvalue weighted by Gasteiger charge is 2.28. The van der Waals surface area contributed by atoms with E-state index in [0.29, 0.717) is 12.1 Å². The maximum atomic E-state index is 4.66. The molecule has 1 aliphatic rings. The summed E-state index contributed by atoms with van der Waals surface area (Å²) >= 11 is 0. The molecule has 5 heteroatoms. The zero-order valence-electron chi connectivity index (χ0n) is 12.6. The molecule has 0 bridgehead atoms. The fraction of sp³-hybridized carbons (Fsp3) is 0.714. The summed E-state index contributed by atoms with van der Waals surface area (Å²) in [6.07, 6.45) is 1.91. The van der Waals surface area contributed by atoms with Crippen molar-refractivity contribution in [1.29, 1.82) is 0 Å². The van der Waals surface area contributed by atoms with Crippen molar-refractivity contribution in [1.82, 2.24) is 14.9 Å². The van der Waals surface area contributed by atoms with Crippen LogP contribution in [0.5, 0.6) is 0 Å². The van der Waals surface area contributed by atoms with Crippen LogP contribution < -0.4 is 10.2 Å². The quantitative estimate of drug-likeness (QED) is 0.900. The van der Waals surface area contributed by atoms with Gasteiger partial charge in [-0.25, -0.2) is 4.98 Å². The number of likely N-dealkylation sites (N-methyl/N-ethyl adjacent to an activating group) is 1. The molecule has 1 N–H and O–H groups in total. The Bertz CT molecular complexity index is 422. The Morgan fingerprint density at radius 1 is 1.32 bits per heavy atom. The summed E-state index contributed by atoms with van der Waals surface area (Å²) in [6, 6.07) is 1.08. The predicted octanol–water partition coefficient (Wildman–Crippen LogP) is 1.75. The first-order chi connectivity index (χ1) is 9.02. The van der Waals surface area contributed by atoms with Crippen molar-refractivity contribution in [2.45, 2.75) is 39.8 Å². The minimum Gasteiger partial charge on any atom is -0.354 e. The standard InChI is InChI=1S/C14H25N5/c1-6-15-14-16-7-10(2)13(17-14)19-8-11(3)18(5)12(4)9-19/h7,11-12H,6,8-9H2,1-5H3,(H,15,16,17). The summed E-state index contributed by atoms with van der Waals surface area (Å²) in [6.45, 7) is 11.6. The van der Waals surface area contributed by atoms with Gasteiger partial charge in [0.1, 0.15) is 5.82 Å². The maximum Gasteiger partial charge on any atom is 0.224 e. The first kappa shape index (κ1) is 14.1. The Morgan fingerprint density at radius 2 is 1.95 bits per heavy atom. The van der Waals surface area contributed by atoms with Gasteiger partial charge in [0.25, 0.3) is 0 Å². The molecule has 0 aliphatic carbocycles. The highest BCUT2D eigenvalue weighted by Crippen LogP contribution is 2.23. The van der Waals surface area contributed by atoms with Gasteiger partial charge in [0, 0.05) is 43.5 Å². The normalized spacial score (nSPS) is 24.6. The highest BCUT2D eigenvalue weighted by atomic mass is 15.3. The molecule has 2 heterocycles. The van der Waals surface area contributed by atoms with E-state index in [4.69, 9.17) is 0 Å². The third-order valence-corrected chi connectivity index (χ3v) is 3.94. The van der Waals surface area contributed by atoms with E-state index in [1.54, 1.807) is 0 Å². The van der Waals surface area contributed by atoms with Gasteiger partial charge in [-0.3, -0.25) is 4.90 Å². The molecule has 0 spiro atoms. The Morgan fingerprint density at radius 3 is 2.53 bits per heavy atom. The van der Waals surface area contributed by atoms with Crippen LogP contribution in [0.4, 0.5) is 11.8 Å². The summed E-state index contributed by atoms with van der Waals surface area (Å²) in [5.41, 5.74) is 1.14. The number of piperazine rings is 1. The second-order valence-electron chi connectivity index (χ2n) is 5.50. The van der Waals surface area contributed by atoms with Gasteiger partial charge in [-0.2, -0.15) is 4.98 Å². The van der Waals surface area contributed by atoms with Crippen molar-refractivity contribution >= 4 is 11.8 Å². The van der Waals surface area contributed by atoms with Gasteiger partial charge in [-0.15, -0.1) is 0 Å². The zero-order valence-corrected chi connectivity index (χ0v) is 12.6. The number of anilines is 2. The molecular formula is C14H25N5. The molecule has 1 aromatic rings. The number of aryl methyl sites for hydroxylation is 1. The van der Waals surface area contributed by atoms with E-state index >= 15 is 0 Å². The number of hydrogen-bond donors (Lipinski definition) is 1. The van der Waals surface area contributed by atoms with Crippen LogP contribution in [0.25, 0.3) is 0 Å². The van der Waals surface area contributed by atoms with Gasteiger partial charge >= 0.3 is 0 Å². The van der Waals surface area contributed by atoms with E-state index in [9.17, 15) is 0 Å². The van der Waals surface area contributed by atoms with Crippen molar-refractivity contribution < 1.29 is 0 Å². The molecule has 1 saturated heterocycles. The van der Waals surface area contributed by atoms with E-state index in [2.05, 4.69) is 59.8 Å². The number of nitrogens with one attached hydrogen (secondary N) is 1. The maximum absolute atomic E-state index is 4.66. The number of rotatable bonds is 3. The molecule has 1 aliphatic heterocycles. The largest absolute Gasteiger partial charge is 0.354 e. The smallest absolute Gasteiger partial charge is 0.224 e. The number of aromatic nitrogens is 2. The Balaban J connectivity index is 2.23. The van der Waals surface area contributed by atoms with Gasteiger partial charge in [0.15, 0.2) is 0 Å². The van der Waals surface area contributed by atoms with Gasteiger partial charge in [0.05, 0.1) is 0 Å². The second kappa shape index (κ2) is 5.74. The van der Waals surface area contributed by atoms with Crippen LogP contribution >= 0.6 is 0 Å². The van der Waals surface area contributed by atoms with Crippen molar-refractivity contribution in [3.05, 3.63) is 11.8 Å². The van der Waals surface area contributed by atoms with Crippen LogP contribution in [-0.4, -0.2) is 53.6 Å². The highest BCUT2D eigenvalue weighted by molar-refractivity contribution is 5.49. The summed E-state index contributed by atoms with van der Waals surface area (Å²) in [7, 11) is 2.20. The van der Waals surface area contributed by atoms with Crippen LogP contribution in [0.15, 0.2) is 6.20 Å². The van der Waals surface area contributed by atoms with Crippen LogP contribution in [0.3, 0.4) is 0 Å². The molecule has 19 heavy (non-hydrogen) atoms. The lowest BCUT2D eigenvalue weighted by Crippen LogP contribution is -2.55. The lowest BCUT2D eigenvalue weighted by atomic mass is 10.1. The Labute approximate surface area is 116 Å². The van der Waals surface area contributed by atoms with E-state index < -0.39 is 0 Å². The average Bonchev–Trinajstić information content (AvgIpc) is 2.38. The summed E-state index contributed by atoms with van der Waals surface area (Å²) in [4.78, 5) is 13.8. The molecule has 1 fully saturated rings. The van der Waals surface area contributed by atoms with Gasteiger partial charge in [-0.05, 0) is 34.7 Å². The van der Waals surface area contributed by atoms with Gasteiger partial charge in [0.2, 0.25) is 5.95 Å². The molecule has 2 unspecified atom stereocenters. The lowest BCUT2D eigenvalue weighted by Gasteiger charge is -2.43. The summed E-state index contributed by atoms with van der Waals surface area (Å²) in [5.74, 6) is 1.79. The molecule has 0 radical (unpaired) electrons. The third kappa shape index (κ3) is 2.97. The molecule has 106 valence electrons. The SMILES string of the molecule is CCNc1ncc(C)c(N2CC(C)N(C)C(C)C2)n1. The fourth-order valence-electron chi connectivity index (χ4n) is 2.57. The molecule has 0 amide bonds. The minimum absolute atomic E-state index is 0.542. The molecule has 1 aromatic heterocycles. The van der Waals surface area contributed by atoms with E-state index in [1.807, 2.05) is 6.20 Å². The third-order valence-electron chi connectivity index (χ3n) is 3.94. The zero-order chi connectivity index (χ0) is 14.0. The van der Waals surface area contributed by atoms with Crippen molar-refractivity contribution in [2.75, 3.05) is 36.9 Å². The summed E-state index contributed by atoms with van der Waals surface area (Å²) < 4.78 is 0. The van der Waals surface area contributed by atoms with E-state index in [0.717, 1.165) is 37.0 Å². The van der Waals surface area contributed by atoms with Crippen molar-refractivity contribution in [2.24, 2.45) is 0 Å². The Hall–Kier alpha value is -1.36. The second-order valence-corrected chi connectivity index (χ2v) is 5.50. The Kier molecular flexibility index (Phi) is 4.24. The molecule has 0 saturated carbocycles. The van der Waals surface area contributed by atoms with E-state index in [-0.39, 0.29) is 0 Å². The minimum atomic E-state index is 0.542. The predicted molar refractivity (Wildman–Crippen MR) is 79.8 cm³/mol. The van der Waals surface area contributed by atoms with Gasteiger partial charge < -0.3 is 10.2 Å². The van der Waals surface area contributed by atoms with Crippen molar-refractivity contribution in [3.8, 4) is 0 Å². The van der Waals surface area contributed by atoms with Crippen molar-refractivity contribution in [3.63, 3.8) is 0 Å². The van der Waals surface area contributed by atoms with Crippen LogP contribution in [0, 0.1) is 6.92 Å². The lowest BCUT2D eigenvalue weighted by molar-refractivity contribution is 0.169. The van der Waals surface area contributed by atoms with E-state index in [1.165, 1.54) is 0 Å². The molecule has 2 atom stereocenters. The monoisotopic (exact) mass is 263 g/mol. The number of nitrogens with zero attached hydrogens (tertiary/aromatic N) is 4. The summed E-state index contributed by atoms with van der Waals surface area (Å²) in [5, 5.41) is 3.19. The average molecular weight is 263 g/mol. The first-order valence-corrected chi connectivity index (χ1v) is 7.07. The molecule has 0 aromatic carbocycles.